The zero-order valence-electron chi connectivity index (χ0n) is 17.6. The first-order valence-electron chi connectivity index (χ1n) is 10.6. The summed E-state index contributed by atoms with van der Waals surface area (Å²) in [5, 5.41) is 25.3. The minimum atomic E-state index is -0.609. The molecule has 2 heterocycles. The van der Waals surface area contributed by atoms with Crippen LogP contribution in [0.4, 0.5) is 0 Å². The molecule has 1 aliphatic rings. The van der Waals surface area contributed by atoms with Crippen LogP contribution < -0.4 is 5.32 Å². The van der Waals surface area contributed by atoms with Gasteiger partial charge in [-0.05, 0) is 49.5 Å². The number of nitrogens with zero attached hydrogens (tertiary/aromatic N) is 4. The normalized spacial score (nSPS) is 22.4. The number of rotatable bonds is 8. The second-order valence-corrected chi connectivity index (χ2v) is 9.28. The van der Waals surface area contributed by atoms with E-state index < -0.39 is 5.54 Å². The number of thiophene rings is 1. The summed E-state index contributed by atoms with van der Waals surface area (Å²) in [7, 11) is 0. The maximum Gasteiger partial charge on any atom is 0.252 e. The molecule has 1 fully saturated rings. The van der Waals surface area contributed by atoms with E-state index in [2.05, 4.69) is 42.5 Å². The SMILES string of the molecule is CCCC[C@H](C#N)n1cc([C@](C)(NC(=O)c2ccsc2)C2CCC(C)CC2)nn1. The zero-order valence-corrected chi connectivity index (χ0v) is 18.4. The molecule has 0 radical (unpaired) electrons. The maximum absolute atomic E-state index is 12.9. The van der Waals surface area contributed by atoms with Crippen LogP contribution in [0.25, 0.3) is 0 Å². The van der Waals surface area contributed by atoms with Gasteiger partial charge in [0.1, 0.15) is 11.7 Å². The third-order valence-corrected chi connectivity index (χ3v) is 7.01. The van der Waals surface area contributed by atoms with Crippen molar-refractivity contribution in [1.82, 2.24) is 20.3 Å². The number of nitriles is 1. The summed E-state index contributed by atoms with van der Waals surface area (Å²) < 4.78 is 1.67. The molecule has 1 saturated carbocycles. The molecule has 1 aliphatic carbocycles. The number of hydrogen-bond donors (Lipinski definition) is 1. The van der Waals surface area contributed by atoms with Crippen molar-refractivity contribution in [2.24, 2.45) is 11.8 Å². The lowest BCUT2D eigenvalue weighted by Crippen LogP contribution is -2.50. The van der Waals surface area contributed by atoms with Gasteiger partial charge in [0.15, 0.2) is 0 Å². The molecule has 7 heteroatoms. The second-order valence-electron chi connectivity index (χ2n) is 8.50. The quantitative estimate of drug-likeness (QED) is 0.655. The molecule has 0 bridgehead atoms. The highest BCUT2D eigenvalue weighted by Crippen LogP contribution is 2.40. The first kappa shape index (κ1) is 21.5. The standard InChI is InChI=1S/C22H31N5OS/c1-4-5-6-19(13-23)27-14-20(25-26-27)22(3,18-9-7-16(2)8-10-18)24-21(28)17-11-12-29-15-17/h11-12,14-16,18-19H,4-10H2,1-3H3,(H,24,28)/t16?,18?,19-,22-/m1/s1. The number of carbonyl (C=O) groups excluding carboxylic acids is 1. The number of carbonyl (C=O) groups is 1. The van der Waals surface area contributed by atoms with Crippen LogP contribution in [0.2, 0.25) is 0 Å². The number of amides is 1. The summed E-state index contributed by atoms with van der Waals surface area (Å²) in [5.41, 5.74) is 0.815. The average molecular weight is 414 g/mol. The Bertz CT molecular complexity index is 832. The first-order valence-corrected chi connectivity index (χ1v) is 11.6. The molecule has 1 N–H and O–H groups in total. The highest BCUT2D eigenvalue weighted by atomic mass is 32.1. The van der Waals surface area contributed by atoms with E-state index in [0.29, 0.717) is 11.5 Å². The predicted molar refractivity (Wildman–Crippen MR) is 114 cm³/mol. The third kappa shape index (κ3) is 4.87. The molecule has 0 aromatic carbocycles. The van der Waals surface area contributed by atoms with E-state index in [9.17, 15) is 10.1 Å². The molecule has 156 valence electrons. The summed E-state index contributed by atoms with van der Waals surface area (Å²) in [6.07, 6.45) is 9.04. The van der Waals surface area contributed by atoms with E-state index in [1.807, 2.05) is 23.0 Å². The van der Waals surface area contributed by atoms with Crippen molar-refractivity contribution in [1.29, 1.82) is 5.26 Å². The molecule has 2 aromatic heterocycles. The molecule has 0 saturated heterocycles. The lowest BCUT2D eigenvalue weighted by Gasteiger charge is -2.40. The fourth-order valence-electron chi connectivity index (χ4n) is 4.23. The van der Waals surface area contributed by atoms with E-state index in [4.69, 9.17) is 0 Å². The van der Waals surface area contributed by atoms with E-state index in [1.54, 1.807) is 4.68 Å². The van der Waals surface area contributed by atoms with Gasteiger partial charge in [0, 0.05) is 5.38 Å². The van der Waals surface area contributed by atoms with Crippen molar-refractivity contribution in [3.8, 4) is 6.07 Å². The molecule has 1 amide bonds. The largest absolute Gasteiger partial charge is 0.341 e. The Hall–Kier alpha value is -2.20. The highest BCUT2D eigenvalue weighted by Gasteiger charge is 2.41. The van der Waals surface area contributed by atoms with Crippen molar-refractivity contribution in [3.05, 3.63) is 34.3 Å². The van der Waals surface area contributed by atoms with Crippen molar-refractivity contribution in [2.45, 2.75) is 77.3 Å². The van der Waals surface area contributed by atoms with Crippen molar-refractivity contribution < 1.29 is 4.79 Å². The van der Waals surface area contributed by atoms with Gasteiger partial charge in [0.05, 0.1) is 23.4 Å². The molecular formula is C22H31N5OS. The van der Waals surface area contributed by atoms with E-state index in [1.165, 1.54) is 11.3 Å². The minimum Gasteiger partial charge on any atom is -0.341 e. The van der Waals surface area contributed by atoms with Crippen LogP contribution in [0, 0.1) is 23.2 Å². The van der Waals surface area contributed by atoms with Crippen LogP contribution in [-0.2, 0) is 5.54 Å². The van der Waals surface area contributed by atoms with Gasteiger partial charge in [-0.2, -0.15) is 16.6 Å². The predicted octanol–water partition coefficient (Wildman–Crippen LogP) is 5.07. The summed E-state index contributed by atoms with van der Waals surface area (Å²) in [6, 6.07) is 3.86. The van der Waals surface area contributed by atoms with E-state index >= 15 is 0 Å². The molecule has 29 heavy (non-hydrogen) atoms. The van der Waals surface area contributed by atoms with E-state index in [0.717, 1.165) is 56.6 Å². The van der Waals surface area contributed by atoms with Crippen LogP contribution in [0.5, 0.6) is 0 Å². The van der Waals surface area contributed by atoms with Crippen LogP contribution in [0.3, 0.4) is 0 Å². The van der Waals surface area contributed by atoms with Gasteiger partial charge in [-0.1, -0.05) is 44.7 Å². The summed E-state index contributed by atoms with van der Waals surface area (Å²) >= 11 is 1.52. The van der Waals surface area contributed by atoms with Crippen LogP contribution in [0.15, 0.2) is 23.0 Å². The Morgan fingerprint density at radius 1 is 1.45 bits per heavy atom. The molecule has 0 unspecified atom stereocenters. The van der Waals surface area contributed by atoms with Crippen LogP contribution in [-0.4, -0.2) is 20.9 Å². The van der Waals surface area contributed by atoms with Gasteiger partial charge in [0.25, 0.3) is 5.91 Å². The molecular weight excluding hydrogens is 382 g/mol. The summed E-state index contributed by atoms with van der Waals surface area (Å²) in [4.78, 5) is 12.9. The smallest absolute Gasteiger partial charge is 0.252 e. The Labute approximate surface area is 177 Å². The fraction of sp³-hybridized carbons (Fsp3) is 0.636. The van der Waals surface area contributed by atoms with Gasteiger partial charge in [0.2, 0.25) is 0 Å². The fourth-order valence-corrected chi connectivity index (χ4v) is 4.87. The number of nitrogens with one attached hydrogen (secondary N) is 1. The van der Waals surface area contributed by atoms with Crippen molar-refractivity contribution in [2.75, 3.05) is 0 Å². The van der Waals surface area contributed by atoms with E-state index in [-0.39, 0.29) is 11.9 Å². The van der Waals surface area contributed by atoms with Gasteiger partial charge in [-0.25, -0.2) is 4.68 Å². The Morgan fingerprint density at radius 2 is 2.21 bits per heavy atom. The van der Waals surface area contributed by atoms with Crippen molar-refractivity contribution >= 4 is 17.2 Å². The highest BCUT2D eigenvalue weighted by molar-refractivity contribution is 7.08. The van der Waals surface area contributed by atoms with Crippen LogP contribution >= 0.6 is 11.3 Å². The first-order chi connectivity index (χ1) is 14.0. The topological polar surface area (TPSA) is 83.6 Å². The van der Waals surface area contributed by atoms with Gasteiger partial charge in [-0.15, -0.1) is 5.10 Å². The Balaban J connectivity index is 1.88. The Kier molecular flexibility index (Phi) is 7.07. The zero-order chi connectivity index (χ0) is 20.9. The molecule has 2 atom stereocenters. The average Bonchev–Trinajstić information content (AvgIpc) is 3.42. The number of aromatic nitrogens is 3. The molecule has 2 aromatic rings. The minimum absolute atomic E-state index is 0.0789. The number of hydrogen-bond acceptors (Lipinski definition) is 5. The molecule has 0 spiro atoms. The maximum atomic E-state index is 12.9. The summed E-state index contributed by atoms with van der Waals surface area (Å²) in [5.74, 6) is 0.933. The monoisotopic (exact) mass is 413 g/mol. The lowest BCUT2D eigenvalue weighted by molar-refractivity contribution is 0.0813. The molecule has 6 nitrogen and oxygen atoms in total. The lowest BCUT2D eigenvalue weighted by atomic mass is 9.71. The van der Waals surface area contributed by atoms with Gasteiger partial charge in [-0.3, -0.25) is 4.79 Å². The molecule has 0 aliphatic heterocycles. The van der Waals surface area contributed by atoms with Gasteiger partial charge < -0.3 is 5.32 Å². The Morgan fingerprint density at radius 3 is 2.83 bits per heavy atom. The second kappa shape index (κ2) is 9.53. The van der Waals surface area contributed by atoms with Crippen molar-refractivity contribution in [3.63, 3.8) is 0 Å². The number of unbranched alkanes of at least 4 members (excludes halogenated alkanes) is 1. The van der Waals surface area contributed by atoms with Gasteiger partial charge >= 0.3 is 0 Å². The molecule has 3 rings (SSSR count). The van der Waals surface area contributed by atoms with Crippen LogP contribution in [0.1, 0.15) is 87.8 Å². The third-order valence-electron chi connectivity index (χ3n) is 6.33. The summed E-state index contributed by atoms with van der Waals surface area (Å²) in [6.45, 7) is 6.47.